The van der Waals surface area contributed by atoms with Gasteiger partial charge in [-0.3, -0.25) is 4.79 Å². The van der Waals surface area contributed by atoms with Gasteiger partial charge in [-0.1, -0.05) is 32.4 Å². The maximum atomic E-state index is 13.2. The van der Waals surface area contributed by atoms with Crippen molar-refractivity contribution in [1.29, 1.82) is 0 Å². The monoisotopic (exact) mass is 272 g/mol. The minimum atomic E-state index is -0.384. The molecule has 1 nitrogen and oxygen atoms in total. The zero-order valence-corrected chi connectivity index (χ0v) is 10.5. The van der Waals surface area contributed by atoms with Crippen LogP contribution in [0.1, 0.15) is 37.0 Å². The van der Waals surface area contributed by atoms with Gasteiger partial charge in [0, 0.05) is 12.0 Å². The van der Waals surface area contributed by atoms with E-state index in [1.165, 1.54) is 6.07 Å². The van der Waals surface area contributed by atoms with Crippen molar-refractivity contribution >= 4 is 21.7 Å². The van der Waals surface area contributed by atoms with Gasteiger partial charge in [0.25, 0.3) is 0 Å². The average Bonchev–Trinajstić information content (AvgIpc) is 2.21. The fraction of sp³-hybridized carbons (Fsp3) is 0.417. The Morgan fingerprint density at radius 3 is 2.80 bits per heavy atom. The second kappa shape index (κ2) is 5.40. The zero-order chi connectivity index (χ0) is 11.4. The van der Waals surface area contributed by atoms with Gasteiger partial charge in [0.1, 0.15) is 5.82 Å². The second-order valence-corrected chi connectivity index (χ2v) is 4.54. The first-order chi connectivity index (χ1) is 7.06. The first-order valence-corrected chi connectivity index (χ1v) is 5.82. The maximum absolute atomic E-state index is 13.2. The Morgan fingerprint density at radius 2 is 2.20 bits per heavy atom. The highest BCUT2D eigenvalue weighted by Crippen LogP contribution is 2.23. The van der Waals surface area contributed by atoms with E-state index in [1.54, 1.807) is 12.1 Å². The van der Waals surface area contributed by atoms with Crippen molar-refractivity contribution in [2.45, 2.75) is 26.7 Å². The molecule has 3 heteroatoms. The molecule has 1 unspecified atom stereocenters. The molecule has 0 aromatic heterocycles. The van der Waals surface area contributed by atoms with Crippen LogP contribution < -0.4 is 0 Å². The molecule has 0 amide bonds. The fourth-order valence-corrected chi connectivity index (χ4v) is 1.78. The predicted octanol–water partition coefficient (Wildman–Crippen LogP) is 4.21. The largest absolute Gasteiger partial charge is 0.294 e. The van der Waals surface area contributed by atoms with Crippen molar-refractivity contribution < 1.29 is 9.18 Å². The molecule has 0 saturated heterocycles. The third kappa shape index (κ3) is 3.13. The quantitative estimate of drug-likeness (QED) is 0.751. The van der Waals surface area contributed by atoms with Gasteiger partial charge in [-0.05, 0) is 27.9 Å². The Balaban J connectivity index is 2.87. The van der Waals surface area contributed by atoms with E-state index in [1.807, 2.05) is 13.8 Å². The van der Waals surface area contributed by atoms with Crippen molar-refractivity contribution in [2.24, 2.45) is 5.92 Å². The van der Waals surface area contributed by atoms with Crippen LogP contribution in [0.5, 0.6) is 0 Å². The van der Waals surface area contributed by atoms with Crippen molar-refractivity contribution in [2.75, 3.05) is 0 Å². The van der Waals surface area contributed by atoms with E-state index < -0.39 is 0 Å². The van der Waals surface area contributed by atoms with Crippen LogP contribution >= 0.6 is 15.9 Å². The van der Waals surface area contributed by atoms with Gasteiger partial charge in [0.05, 0.1) is 4.47 Å². The summed E-state index contributed by atoms with van der Waals surface area (Å²) in [5, 5.41) is 0. The molecule has 0 N–H and O–H groups in total. The van der Waals surface area contributed by atoms with E-state index in [4.69, 9.17) is 0 Å². The van der Waals surface area contributed by atoms with Crippen LogP contribution in [-0.2, 0) is 0 Å². The van der Waals surface area contributed by atoms with Crippen LogP contribution in [0, 0.1) is 11.7 Å². The highest BCUT2D eigenvalue weighted by molar-refractivity contribution is 9.10. The molecule has 1 aromatic rings. The molecule has 0 fully saturated rings. The van der Waals surface area contributed by atoms with E-state index in [-0.39, 0.29) is 16.1 Å². The number of hydrogen-bond donors (Lipinski definition) is 0. The molecule has 0 radical (unpaired) electrons. The maximum Gasteiger partial charge on any atom is 0.164 e. The molecular formula is C12H14BrFO. The summed E-state index contributed by atoms with van der Waals surface area (Å²) in [6.07, 6.45) is 1.43. The number of carbonyl (C=O) groups is 1. The summed E-state index contributed by atoms with van der Waals surface area (Å²) in [7, 11) is 0. The Bertz CT molecular complexity index is 363. The van der Waals surface area contributed by atoms with E-state index in [9.17, 15) is 9.18 Å². The summed E-state index contributed by atoms with van der Waals surface area (Å²) in [5.41, 5.74) is 0.440. The van der Waals surface area contributed by atoms with Gasteiger partial charge in [-0.15, -0.1) is 0 Å². The fourth-order valence-electron chi connectivity index (χ4n) is 1.29. The van der Waals surface area contributed by atoms with Gasteiger partial charge in [-0.2, -0.15) is 0 Å². The van der Waals surface area contributed by atoms with Crippen LogP contribution in [0.2, 0.25) is 0 Å². The van der Waals surface area contributed by atoms with Crippen molar-refractivity contribution in [1.82, 2.24) is 0 Å². The molecule has 0 aliphatic heterocycles. The highest BCUT2D eigenvalue weighted by atomic mass is 79.9. The summed E-state index contributed by atoms with van der Waals surface area (Å²) < 4.78 is 13.4. The lowest BCUT2D eigenvalue weighted by atomic mass is 9.98. The number of carbonyl (C=O) groups excluding carboxylic acids is 1. The highest BCUT2D eigenvalue weighted by Gasteiger charge is 2.14. The van der Waals surface area contributed by atoms with E-state index >= 15 is 0 Å². The smallest absolute Gasteiger partial charge is 0.164 e. The molecule has 0 saturated carbocycles. The third-order valence-corrected chi connectivity index (χ3v) is 3.29. The Kier molecular flexibility index (Phi) is 4.45. The van der Waals surface area contributed by atoms with Crippen LogP contribution in [0.25, 0.3) is 0 Å². The number of benzene rings is 1. The molecule has 1 rings (SSSR count). The van der Waals surface area contributed by atoms with Crippen molar-refractivity contribution in [3.05, 3.63) is 34.1 Å². The normalized spacial score (nSPS) is 12.5. The summed E-state index contributed by atoms with van der Waals surface area (Å²) >= 11 is 3.10. The first-order valence-electron chi connectivity index (χ1n) is 5.03. The summed E-state index contributed by atoms with van der Waals surface area (Å²) in [4.78, 5) is 11.8. The zero-order valence-electron chi connectivity index (χ0n) is 8.89. The average molecular weight is 273 g/mol. The Labute approximate surface area is 97.8 Å². The topological polar surface area (TPSA) is 17.1 Å². The van der Waals surface area contributed by atoms with Gasteiger partial charge >= 0.3 is 0 Å². The number of rotatable bonds is 4. The lowest BCUT2D eigenvalue weighted by Crippen LogP contribution is -2.06. The molecule has 0 aliphatic rings. The van der Waals surface area contributed by atoms with Gasteiger partial charge in [0.15, 0.2) is 5.78 Å². The van der Waals surface area contributed by atoms with Gasteiger partial charge < -0.3 is 0 Å². The summed E-state index contributed by atoms with van der Waals surface area (Å²) in [5.74, 6) is -0.0478. The molecule has 0 heterocycles. The van der Waals surface area contributed by atoms with Crippen molar-refractivity contribution in [3.63, 3.8) is 0 Å². The Hall–Kier alpha value is -0.700. The molecule has 15 heavy (non-hydrogen) atoms. The van der Waals surface area contributed by atoms with Crippen LogP contribution in [0.3, 0.4) is 0 Å². The molecule has 0 bridgehead atoms. The van der Waals surface area contributed by atoms with E-state index in [2.05, 4.69) is 15.9 Å². The third-order valence-electron chi connectivity index (χ3n) is 2.48. The SMILES string of the molecule is CCC(C)CC(=O)c1cccc(F)c1Br. The molecule has 82 valence electrons. The Morgan fingerprint density at radius 1 is 1.53 bits per heavy atom. The number of ketones is 1. The number of hydrogen-bond acceptors (Lipinski definition) is 1. The molecular weight excluding hydrogens is 259 g/mol. The lowest BCUT2D eigenvalue weighted by Gasteiger charge is -2.08. The molecule has 0 aliphatic carbocycles. The van der Waals surface area contributed by atoms with Crippen LogP contribution in [0.4, 0.5) is 4.39 Å². The second-order valence-electron chi connectivity index (χ2n) is 3.74. The van der Waals surface area contributed by atoms with Crippen LogP contribution in [-0.4, -0.2) is 5.78 Å². The van der Waals surface area contributed by atoms with Gasteiger partial charge in [-0.25, -0.2) is 4.39 Å². The minimum absolute atomic E-state index is 0.00396. The van der Waals surface area contributed by atoms with E-state index in [0.29, 0.717) is 17.9 Å². The molecule has 0 spiro atoms. The summed E-state index contributed by atoms with van der Waals surface area (Å²) in [6, 6.07) is 4.55. The standard InChI is InChI=1S/C12H14BrFO/c1-3-8(2)7-11(15)9-5-4-6-10(14)12(9)13/h4-6,8H,3,7H2,1-2H3. The first kappa shape index (κ1) is 12.4. The minimum Gasteiger partial charge on any atom is -0.294 e. The van der Waals surface area contributed by atoms with Gasteiger partial charge in [0.2, 0.25) is 0 Å². The van der Waals surface area contributed by atoms with Crippen molar-refractivity contribution in [3.8, 4) is 0 Å². The van der Waals surface area contributed by atoms with E-state index in [0.717, 1.165) is 6.42 Å². The van der Waals surface area contributed by atoms with Crippen LogP contribution in [0.15, 0.2) is 22.7 Å². The number of halogens is 2. The molecule has 1 aromatic carbocycles. The summed E-state index contributed by atoms with van der Waals surface area (Å²) in [6.45, 7) is 4.06. The predicted molar refractivity (Wildman–Crippen MR) is 62.5 cm³/mol. The lowest BCUT2D eigenvalue weighted by molar-refractivity contribution is 0.0962. The number of Topliss-reactive ketones (excluding diaryl/α,β-unsaturated/α-hetero) is 1. The molecule has 1 atom stereocenters.